The van der Waals surface area contributed by atoms with Crippen LogP contribution in [-0.4, -0.2) is 38.0 Å². The van der Waals surface area contributed by atoms with E-state index in [-0.39, 0.29) is 18.9 Å². The molecule has 8 heteroatoms. The van der Waals surface area contributed by atoms with Crippen molar-refractivity contribution in [3.63, 3.8) is 0 Å². The van der Waals surface area contributed by atoms with E-state index in [0.717, 1.165) is 12.8 Å². The molecule has 0 aliphatic carbocycles. The van der Waals surface area contributed by atoms with E-state index in [1.165, 1.54) is 7.11 Å². The molecule has 0 aliphatic rings. The van der Waals surface area contributed by atoms with Gasteiger partial charge >= 0.3 is 5.97 Å². The Hall–Kier alpha value is -3.06. The van der Waals surface area contributed by atoms with Gasteiger partial charge < -0.3 is 20.1 Å². The fourth-order valence-corrected chi connectivity index (χ4v) is 2.87. The van der Waals surface area contributed by atoms with E-state index >= 15 is 0 Å². The van der Waals surface area contributed by atoms with Gasteiger partial charge in [-0.3, -0.25) is 14.4 Å². The summed E-state index contributed by atoms with van der Waals surface area (Å²) >= 11 is 5.90. The lowest BCUT2D eigenvalue weighted by Gasteiger charge is -2.18. The number of benzene rings is 2. The SMILES string of the molecule is CCCCOc1ccc(C(=O)NCC(=O)NC(CC(=O)OC)c2ccc(Cl)cc2)cc1. The largest absolute Gasteiger partial charge is 0.494 e. The van der Waals surface area contributed by atoms with Gasteiger partial charge in [0.1, 0.15) is 5.75 Å². The van der Waals surface area contributed by atoms with Crippen molar-refractivity contribution in [1.29, 1.82) is 0 Å². The zero-order chi connectivity index (χ0) is 22.6. The number of ether oxygens (including phenoxy) is 2. The summed E-state index contributed by atoms with van der Waals surface area (Å²) in [6, 6.07) is 12.9. The van der Waals surface area contributed by atoms with E-state index in [1.54, 1.807) is 48.5 Å². The first kappa shape index (κ1) is 24.2. The molecular formula is C23H27ClN2O5. The van der Waals surface area contributed by atoms with Crippen molar-refractivity contribution in [3.05, 3.63) is 64.7 Å². The Balaban J connectivity index is 1.91. The molecule has 0 saturated carbocycles. The molecule has 0 bridgehead atoms. The number of hydrogen-bond donors (Lipinski definition) is 2. The van der Waals surface area contributed by atoms with E-state index in [9.17, 15) is 14.4 Å². The number of unbranched alkanes of at least 4 members (excludes halogenated alkanes) is 1. The second-order valence-electron chi connectivity index (χ2n) is 6.86. The minimum atomic E-state index is -0.603. The Morgan fingerprint density at radius 3 is 2.32 bits per heavy atom. The Bertz CT molecular complexity index is 869. The third kappa shape index (κ3) is 8.30. The molecule has 0 saturated heterocycles. The van der Waals surface area contributed by atoms with Crippen LogP contribution < -0.4 is 15.4 Å². The lowest BCUT2D eigenvalue weighted by molar-refractivity contribution is -0.141. The normalized spacial score (nSPS) is 11.3. The number of carbonyl (C=O) groups excluding carboxylic acids is 3. The minimum absolute atomic E-state index is 0.0443. The van der Waals surface area contributed by atoms with Crippen LogP contribution in [0.15, 0.2) is 48.5 Å². The molecule has 31 heavy (non-hydrogen) atoms. The lowest BCUT2D eigenvalue weighted by atomic mass is 10.0. The lowest BCUT2D eigenvalue weighted by Crippen LogP contribution is -2.39. The summed E-state index contributed by atoms with van der Waals surface area (Å²) in [7, 11) is 1.28. The summed E-state index contributed by atoms with van der Waals surface area (Å²) < 4.78 is 10.3. The van der Waals surface area contributed by atoms with Gasteiger partial charge in [-0.25, -0.2) is 0 Å². The van der Waals surface area contributed by atoms with Crippen LogP contribution in [0.4, 0.5) is 0 Å². The van der Waals surface area contributed by atoms with Gasteiger partial charge in [0, 0.05) is 10.6 Å². The van der Waals surface area contributed by atoms with Crippen LogP contribution in [0.2, 0.25) is 5.02 Å². The molecule has 1 unspecified atom stereocenters. The Morgan fingerprint density at radius 1 is 1.03 bits per heavy atom. The van der Waals surface area contributed by atoms with Crippen molar-refractivity contribution in [2.24, 2.45) is 0 Å². The highest BCUT2D eigenvalue weighted by atomic mass is 35.5. The van der Waals surface area contributed by atoms with Gasteiger partial charge in [-0.1, -0.05) is 37.1 Å². The van der Waals surface area contributed by atoms with Crippen LogP contribution in [0.3, 0.4) is 0 Å². The second-order valence-corrected chi connectivity index (χ2v) is 7.30. The van der Waals surface area contributed by atoms with Gasteiger partial charge in [-0.15, -0.1) is 0 Å². The summed E-state index contributed by atoms with van der Waals surface area (Å²) in [6.45, 7) is 2.47. The smallest absolute Gasteiger partial charge is 0.307 e. The maximum absolute atomic E-state index is 12.4. The Labute approximate surface area is 187 Å². The predicted octanol–water partition coefficient (Wildman–Crippen LogP) is 3.67. The quantitative estimate of drug-likeness (QED) is 0.405. The van der Waals surface area contributed by atoms with E-state index in [4.69, 9.17) is 21.1 Å². The fourth-order valence-electron chi connectivity index (χ4n) is 2.74. The molecule has 0 aliphatic heterocycles. The van der Waals surface area contributed by atoms with Crippen molar-refractivity contribution in [2.75, 3.05) is 20.3 Å². The van der Waals surface area contributed by atoms with Crippen LogP contribution in [0.5, 0.6) is 5.75 Å². The molecule has 0 fully saturated rings. The first-order chi connectivity index (χ1) is 14.9. The van der Waals surface area contributed by atoms with Crippen molar-refractivity contribution < 1.29 is 23.9 Å². The van der Waals surface area contributed by atoms with E-state index in [0.29, 0.717) is 28.5 Å². The highest BCUT2D eigenvalue weighted by Gasteiger charge is 2.19. The summed E-state index contributed by atoms with van der Waals surface area (Å²) in [4.78, 5) is 36.4. The number of nitrogens with one attached hydrogen (secondary N) is 2. The minimum Gasteiger partial charge on any atom is -0.494 e. The summed E-state index contributed by atoms with van der Waals surface area (Å²) in [5.41, 5.74) is 1.12. The number of amides is 2. The number of carbonyl (C=O) groups is 3. The zero-order valence-electron chi connectivity index (χ0n) is 17.7. The van der Waals surface area contributed by atoms with Gasteiger partial charge in [0.25, 0.3) is 5.91 Å². The van der Waals surface area contributed by atoms with Crippen molar-refractivity contribution in [2.45, 2.75) is 32.2 Å². The zero-order valence-corrected chi connectivity index (χ0v) is 18.4. The molecule has 0 radical (unpaired) electrons. The Kier molecular flexibility index (Phi) is 9.84. The maximum atomic E-state index is 12.4. The summed E-state index contributed by atoms with van der Waals surface area (Å²) in [5.74, 6) is -0.593. The first-order valence-corrected chi connectivity index (χ1v) is 10.4. The van der Waals surface area contributed by atoms with E-state index in [1.807, 2.05) is 0 Å². The highest BCUT2D eigenvalue weighted by molar-refractivity contribution is 6.30. The molecule has 2 rings (SSSR count). The number of halogens is 1. The molecule has 0 aromatic heterocycles. The van der Waals surface area contributed by atoms with Crippen molar-refractivity contribution in [3.8, 4) is 5.75 Å². The van der Waals surface area contributed by atoms with Crippen molar-refractivity contribution in [1.82, 2.24) is 10.6 Å². The molecule has 2 aromatic rings. The average Bonchev–Trinajstić information content (AvgIpc) is 2.78. The van der Waals surface area contributed by atoms with Gasteiger partial charge in [-0.2, -0.15) is 0 Å². The molecule has 0 heterocycles. The molecule has 2 N–H and O–H groups in total. The van der Waals surface area contributed by atoms with Gasteiger partial charge in [0.15, 0.2) is 0 Å². The molecule has 2 aromatic carbocycles. The molecular weight excluding hydrogens is 420 g/mol. The molecule has 166 valence electrons. The second kappa shape index (κ2) is 12.6. The maximum Gasteiger partial charge on any atom is 0.307 e. The molecule has 7 nitrogen and oxygen atoms in total. The monoisotopic (exact) mass is 446 g/mol. The average molecular weight is 447 g/mol. The topological polar surface area (TPSA) is 93.7 Å². The third-order valence-electron chi connectivity index (χ3n) is 4.50. The molecule has 0 spiro atoms. The van der Waals surface area contributed by atoms with Crippen LogP contribution in [-0.2, 0) is 14.3 Å². The fraction of sp³-hybridized carbons (Fsp3) is 0.348. The van der Waals surface area contributed by atoms with E-state index in [2.05, 4.69) is 17.6 Å². The summed E-state index contributed by atoms with van der Waals surface area (Å²) in [5, 5.41) is 5.86. The van der Waals surface area contributed by atoms with Crippen LogP contribution in [0, 0.1) is 0 Å². The van der Waals surface area contributed by atoms with Crippen molar-refractivity contribution >= 4 is 29.4 Å². The van der Waals surface area contributed by atoms with Crippen LogP contribution in [0.25, 0.3) is 0 Å². The van der Waals surface area contributed by atoms with Crippen LogP contribution in [0.1, 0.15) is 48.1 Å². The number of methoxy groups -OCH3 is 1. The number of rotatable bonds is 11. The number of hydrogen-bond acceptors (Lipinski definition) is 5. The van der Waals surface area contributed by atoms with Gasteiger partial charge in [0.05, 0.1) is 32.7 Å². The summed E-state index contributed by atoms with van der Waals surface area (Å²) in [6.07, 6.45) is 1.96. The first-order valence-electron chi connectivity index (χ1n) is 10.1. The third-order valence-corrected chi connectivity index (χ3v) is 4.75. The van der Waals surface area contributed by atoms with E-state index < -0.39 is 17.9 Å². The molecule has 1 atom stereocenters. The van der Waals surface area contributed by atoms with Gasteiger partial charge in [0.2, 0.25) is 5.91 Å². The van der Waals surface area contributed by atoms with Gasteiger partial charge in [-0.05, 0) is 48.4 Å². The standard InChI is InChI=1S/C23H27ClN2O5/c1-3-4-13-31-19-11-7-17(8-12-19)23(29)25-15-21(27)26-20(14-22(28)30-2)16-5-9-18(24)10-6-16/h5-12,20H,3-4,13-15H2,1-2H3,(H,25,29)(H,26,27). The predicted molar refractivity (Wildman–Crippen MR) is 118 cm³/mol. The van der Waals surface area contributed by atoms with Crippen LogP contribution >= 0.6 is 11.6 Å². The molecule has 2 amide bonds. The number of esters is 1. The Morgan fingerprint density at radius 2 is 1.71 bits per heavy atom. The highest BCUT2D eigenvalue weighted by Crippen LogP contribution is 2.20.